The Labute approximate surface area is 191 Å². The molecule has 32 heavy (non-hydrogen) atoms. The molecule has 5 rings (SSSR count). The summed E-state index contributed by atoms with van der Waals surface area (Å²) in [5, 5.41) is 7.75. The normalized spacial score (nSPS) is 11.2. The second-order valence-corrected chi connectivity index (χ2v) is 8.30. The summed E-state index contributed by atoms with van der Waals surface area (Å²) >= 11 is 7.68. The highest BCUT2D eigenvalue weighted by Gasteiger charge is 2.18. The number of benzene rings is 2. The lowest BCUT2D eigenvalue weighted by molar-refractivity contribution is 0.0529. The molecule has 0 saturated heterocycles. The lowest BCUT2D eigenvalue weighted by Gasteiger charge is -2.06. The molecule has 7 nitrogen and oxygen atoms in total. The van der Waals surface area contributed by atoms with E-state index in [0.717, 1.165) is 22.3 Å². The van der Waals surface area contributed by atoms with Gasteiger partial charge in [0.2, 0.25) is 0 Å². The van der Waals surface area contributed by atoms with Crippen LogP contribution in [0.15, 0.2) is 58.8 Å². The molecule has 0 aliphatic rings. The molecule has 0 spiro atoms. The summed E-state index contributed by atoms with van der Waals surface area (Å²) in [6.07, 6.45) is 1.51. The van der Waals surface area contributed by atoms with Gasteiger partial charge in [-0.2, -0.15) is 0 Å². The second kappa shape index (κ2) is 8.14. The van der Waals surface area contributed by atoms with Crippen LogP contribution in [0.4, 0.5) is 10.8 Å². The van der Waals surface area contributed by atoms with Gasteiger partial charge in [0.25, 0.3) is 5.56 Å². The number of hydrogen-bond acceptors (Lipinski definition) is 6. The first-order valence-electron chi connectivity index (χ1n) is 9.87. The summed E-state index contributed by atoms with van der Waals surface area (Å²) in [5.41, 5.74) is 3.38. The van der Waals surface area contributed by atoms with E-state index in [1.165, 1.54) is 17.5 Å². The zero-order valence-corrected chi connectivity index (χ0v) is 18.4. The van der Waals surface area contributed by atoms with Gasteiger partial charge in [-0.15, -0.1) is 11.3 Å². The third-order valence-electron chi connectivity index (χ3n) is 5.06. The minimum Gasteiger partial charge on any atom is -0.462 e. The molecule has 3 heterocycles. The highest BCUT2D eigenvalue weighted by atomic mass is 35.5. The maximum absolute atomic E-state index is 12.5. The molecule has 0 atom stereocenters. The number of carbonyl (C=O) groups is 1. The molecule has 0 bridgehead atoms. The molecule has 3 N–H and O–H groups in total. The van der Waals surface area contributed by atoms with E-state index in [1.807, 2.05) is 47.8 Å². The van der Waals surface area contributed by atoms with Gasteiger partial charge in [0.05, 0.1) is 28.6 Å². The number of rotatable bonds is 5. The Kier molecular flexibility index (Phi) is 5.16. The molecule has 0 unspecified atom stereocenters. The predicted molar refractivity (Wildman–Crippen MR) is 128 cm³/mol. The Bertz CT molecular complexity index is 1540. The Morgan fingerprint density at radius 2 is 2.09 bits per heavy atom. The first-order chi connectivity index (χ1) is 15.5. The van der Waals surface area contributed by atoms with Crippen molar-refractivity contribution in [3.63, 3.8) is 0 Å². The molecule has 5 aromatic rings. The van der Waals surface area contributed by atoms with Crippen LogP contribution in [0.2, 0.25) is 5.02 Å². The summed E-state index contributed by atoms with van der Waals surface area (Å²) in [6.45, 7) is 1.99. The van der Waals surface area contributed by atoms with E-state index >= 15 is 0 Å². The number of pyridine rings is 1. The molecule has 0 amide bonds. The van der Waals surface area contributed by atoms with Crippen molar-refractivity contribution in [3.8, 4) is 11.3 Å². The molecule has 9 heteroatoms. The first-order valence-corrected chi connectivity index (χ1v) is 11.1. The average molecular weight is 465 g/mol. The number of H-pyrrole nitrogens is 2. The van der Waals surface area contributed by atoms with Crippen LogP contribution in [0.5, 0.6) is 0 Å². The average Bonchev–Trinajstić information content (AvgIpc) is 3.44. The Hall–Kier alpha value is -3.62. The maximum atomic E-state index is 12.5. The summed E-state index contributed by atoms with van der Waals surface area (Å²) in [7, 11) is 0. The molecular formula is C23H17ClN4O3S. The fraction of sp³-hybridized carbons (Fsp3) is 0.0870. The monoisotopic (exact) mass is 464 g/mol. The minimum atomic E-state index is -0.476. The van der Waals surface area contributed by atoms with Crippen LogP contribution >= 0.6 is 22.9 Å². The van der Waals surface area contributed by atoms with Gasteiger partial charge in [-0.25, -0.2) is 9.78 Å². The Morgan fingerprint density at radius 1 is 1.25 bits per heavy atom. The maximum Gasteiger partial charge on any atom is 0.340 e. The predicted octanol–water partition coefficient (Wildman–Crippen LogP) is 5.71. The van der Waals surface area contributed by atoms with Crippen LogP contribution in [0.25, 0.3) is 33.1 Å². The number of ether oxygens (including phenoxy) is 1. The second-order valence-electron chi connectivity index (χ2n) is 7.03. The van der Waals surface area contributed by atoms with Gasteiger partial charge in [0.15, 0.2) is 5.13 Å². The van der Waals surface area contributed by atoms with Crippen molar-refractivity contribution in [2.45, 2.75) is 6.92 Å². The number of aromatic amines is 2. The van der Waals surface area contributed by atoms with Crippen molar-refractivity contribution in [2.75, 3.05) is 11.9 Å². The van der Waals surface area contributed by atoms with E-state index in [1.54, 1.807) is 6.92 Å². The van der Waals surface area contributed by atoms with Crippen molar-refractivity contribution >= 4 is 61.5 Å². The van der Waals surface area contributed by atoms with Gasteiger partial charge in [0.1, 0.15) is 5.52 Å². The number of anilines is 2. The van der Waals surface area contributed by atoms with Crippen molar-refractivity contribution in [3.05, 3.63) is 75.0 Å². The Balaban J connectivity index is 1.60. The zero-order valence-electron chi connectivity index (χ0n) is 16.9. The number of carbonyl (C=O) groups excluding carboxylic acids is 1. The number of nitrogens with one attached hydrogen (secondary N) is 3. The van der Waals surface area contributed by atoms with Crippen LogP contribution < -0.4 is 10.9 Å². The number of esters is 1. The molecule has 0 fully saturated rings. The van der Waals surface area contributed by atoms with E-state index in [0.29, 0.717) is 32.1 Å². The lowest BCUT2D eigenvalue weighted by atomic mass is 10.0. The van der Waals surface area contributed by atoms with E-state index in [2.05, 4.69) is 20.3 Å². The van der Waals surface area contributed by atoms with Crippen LogP contribution in [0, 0.1) is 0 Å². The quantitative estimate of drug-likeness (QED) is 0.289. The highest BCUT2D eigenvalue weighted by molar-refractivity contribution is 7.14. The van der Waals surface area contributed by atoms with Gasteiger partial charge in [0, 0.05) is 33.4 Å². The van der Waals surface area contributed by atoms with Crippen LogP contribution in [-0.4, -0.2) is 27.5 Å². The van der Waals surface area contributed by atoms with Gasteiger partial charge < -0.3 is 20.0 Å². The molecule has 160 valence electrons. The number of halogens is 1. The number of hydrogen-bond donors (Lipinski definition) is 3. The molecule has 0 aliphatic heterocycles. The van der Waals surface area contributed by atoms with Crippen LogP contribution in [0.1, 0.15) is 17.3 Å². The number of para-hydroxylation sites is 1. The molecule has 3 aromatic heterocycles. The standard InChI is InChI=1S/C23H17ClN4O3S/c1-2-31-22(30)14-10-25-20-19(14)13-9-12(7-8-16(13)26-21(20)29)18-11-32-23(28-18)27-17-6-4-3-5-15(17)24/h3-11,25H,2H2,1H3,(H,26,29)(H,27,28). The van der Waals surface area contributed by atoms with Crippen molar-refractivity contribution in [2.24, 2.45) is 0 Å². The van der Waals surface area contributed by atoms with Gasteiger partial charge >= 0.3 is 5.97 Å². The van der Waals surface area contributed by atoms with Gasteiger partial charge in [-0.05, 0) is 31.2 Å². The van der Waals surface area contributed by atoms with E-state index < -0.39 is 5.97 Å². The summed E-state index contributed by atoms with van der Waals surface area (Å²) in [4.78, 5) is 35.4. The van der Waals surface area contributed by atoms with Gasteiger partial charge in [-0.1, -0.05) is 29.8 Å². The molecule has 2 aromatic carbocycles. The first kappa shape index (κ1) is 20.3. The SMILES string of the molecule is CCOC(=O)c1c[nH]c2c(=O)[nH]c3ccc(-c4csc(Nc5ccccc5Cl)n4)cc3c12. The third kappa shape index (κ3) is 3.53. The summed E-state index contributed by atoms with van der Waals surface area (Å²) in [6, 6.07) is 13.1. The Morgan fingerprint density at radius 3 is 2.91 bits per heavy atom. The van der Waals surface area contributed by atoms with Gasteiger partial charge in [-0.3, -0.25) is 4.79 Å². The van der Waals surface area contributed by atoms with E-state index in [-0.39, 0.29) is 12.2 Å². The largest absolute Gasteiger partial charge is 0.462 e. The molecule has 0 radical (unpaired) electrons. The van der Waals surface area contributed by atoms with Crippen molar-refractivity contribution in [1.82, 2.24) is 15.0 Å². The molecule has 0 aliphatic carbocycles. The fourth-order valence-electron chi connectivity index (χ4n) is 3.60. The van der Waals surface area contributed by atoms with Crippen molar-refractivity contribution in [1.29, 1.82) is 0 Å². The van der Waals surface area contributed by atoms with E-state index in [9.17, 15) is 9.59 Å². The van der Waals surface area contributed by atoms with Crippen LogP contribution in [0.3, 0.4) is 0 Å². The number of nitrogens with zero attached hydrogens (tertiary/aromatic N) is 1. The fourth-order valence-corrected chi connectivity index (χ4v) is 4.51. The lowest BCUT2D eigenvalue weighted by Crippen LogP contribution is -2.08. The molecular weight excluding hydrogens is 448 g/mol. The topological polar surface area (TPSA) is 99.9 Å². The van der Waals surface area contributed by atoms with Crippen LogP contribution in [-0.2, 0) is 4.74 Å². The number of thiazole rings is 1. The zero-order chi connectivity index (χ0) is 22.2. The summed E-state index contributed by atoms with van der Waals surface area (Å²) in [5.74, 6) is -0.476. The molecule has 0 saturated carbocycles. The highest BCUT2D eigenvalue weighted by Crippen LogP contribution is 2.33. The van der Waals surface area contributed by atoms with E-state index in [4.69, 9.17) is 16.3 Å². The number of aromatic nitrogens is 3. The smallest absolute Gasteiger partial charge is 0.340 e. The summed E-state index contributed by atoms with van der Waals surface area (Å²) < 4.78 is 5.17. The third-order valence-corrected chi connectivity index (χ3v) is 6.14. The van der Waals surface area contributed by atoms with Crippen molar-refractivity contribution < 1.29 is 9.53 Å². The number of fused-ring (bicyclic) bond motifs is 3. The minimum absolute atomic E-state index is 0.248.